The van der Waals surface area contributed by atoms with E-state index in [0.29, 0.717) is 52.8 Å². The van der Waals surface area contributed by atoms with Gasteiger partial charge >= 0.3 is 0 Å². The van der Waals surface area contributed by atoms with E-state index in [9.17, 15) is 18.4 Å². The van der Waals surface area contributed by atoms with Gasteiger partial charge in [-0.2, -0.15) is 0 Å². The predicted molar refractivity (Wildman–Crippen MR) is 156 cm³/mol. The molecule has 0 unspecified atom stereocenters. The summed E-state index contributed by atoms with van der Waals surface area (Å²) >= 11 is 8.83. The number of rotatable bonds is 10. The van der Waals surface area contributed by atoms with Crippen molar-refractivity contribution < 1.29 is 27.8 Å². The van der Waals surface area contributed by atoms with Crippen molar-refractivity contribution in [2.45, 2.75) is 0 Å². The number of hydrogen-bond acceptors (Lipinski definition) is 4. The van der Waals surface area contributed by atoms with Crippen molar-refractivity contribution in [1.82, 2.24) is 0 Å². The minimum Gasteiger partial charge on any atom is -0.493 e. The molecule has 10 heteroatoms. The molecule has 0 bridgehead atoms. The quantitative estimate of drug-likeness (QED) is 0.193. The van der Waals surface area contributed by atoms with Crippen molar-refractivity contribution in [3.8, 4) is 33.8 Å². The molecule has 208 valence electrons. The van der Waals surface area contributed by atoms with E-state index >= 15 is 0 Å². The first kappa shape index (κ1) is 30.6. The van der Waals surface area contributed by atoms with Crippen LogP contribution in [0.3, 0.4) is 0 Å². The molecule has 0 atom stereocenters. The number of hydrogen-bond donors (Lipinski definition) is 2. The fourth-order valence-corrected chi connectivity index (χ4v) is 3.86. The van der Waals surface area contributed by atoms with E-state index in [2.05, 4.69) is 15.9 Å². The molecule has 0 aromatic heterocycles. The molecule has 0 heterocycles. The number of halogens is 4. The highest BCUT2D eigenvalue weighted by Gasteiger charge is 2.11. The average Bonchev–Trinajstić information content (AvgIpc) is 2.95. The molecular weight excluding hydrogens is 606 g/mol. The van der Waals surface area contributed by atoms with Crippen LogP contribution in [0.1, 0.15) is 20.7 Å². The second-order valence-electron chi connectivity index (χ2n) is 8.25. The van der Waals surface area contributed by atoms with Crippen molar-refractivity contribution in [1.29, 1.82) is 0 Å². The van der Waals surface area contributed by atoms with E-state index in [1.165, 1.54) is 18.2 Å². The average molecular weight is 632 g/mol. The first-order valence-electron chi connectivity index (χ1n) is 12.0. The van der Waals surface area contributed by atoms with E-state index in [1.54, 1.807) is 48.5 Å². The number of carbonyl (C=O) groups excluding carboxylic acids is 2. The summed E-state index contributed by atoms with van der Waals surface area (Å²) in [5, 5.41) is 0.721. The number of carbonyl (C=O) groups is 2. The Bertz CT molecular complexity index is 1380. The predicted octanol–water partition coefficient (Wildman–Crippen LogP) is 6.57. The number of nitrogens with two attached hydrogens (primary N) is 2. The fraction of sp³-hybridized carbons (Fsp3) is 0.133. The standard InChI is InChI=1S/C15H13BrFNO2.C15H13ClFNO2/c2*16-6-7-20-12-3-1-2-10(8-12)13-5-4-11(15(18)19)9-14(13)17/h2*1-5,8-9H,6-7H2,(H2,18,19). The van der Waals surface area contributed by atoms with Gasteiger partial charge in [0, 0.05) is 27.6 Å². The summed E-state index contributed by atoms with van der Waals surface area (Å²) in [4.78, 5) is 22.0. The van der Waals surface area contributed by atoms with E-state index in [0.717, 1.165) is 17.5 Å². The zero-order valence-corrected chi connectivity index (χ0v) is 23.6. The maximum Gasteiger partial charge on any atom is 0.248 e. The van der Waals surface area contributed by atoms with Gasteiger partial charge in [-0.1, -0.05) is 52.3 Å². The third-order valence-corrected chi connectivity index (χ3v) is 5.97. The van der Waals surface area contributed by atoms with Gasteiger partial charge in [0.2, 0.25) is 11.8 Å². The summed E-state index contributed by atoms with van der Waals surface area (Å²) in [6, 6.07) is 22.5. The Balaban J connectivity index is 0.000000220. The number of benzene rings is 4. The van der Waals surface area contributed by atoms with E-state index in [-0.39, 0.29) is 11.1 Å². The van der Waals surface area contributed by atoms with Gasteiger partial charge in [0.25, 0.3) is 0 Å². The van der Waals surface area contributed by atoms with E-state index < -0.39 is 23.4 Å². The van der Waals surface area contributed by atoms with Gasteiger partial charge in [0.05, 0.1) is 12.5 Å². The monoisotopic (exact) mass is 630 g/mol. The summed E-state index contributed by atoms with van der Waals surface area (Å²) in [5.41, 5.74) is 12.6. The highest BCUT2D eigenvalue weighted by atomic mass is 79.9. The fourth-order valence-electron chi connectivity index (χ4n) is 3.62. The Morgan fingerprint density at radius 2 is 1.15 bits per heavy atom. The summed E-state index contributed by atoms with van der Waals surface area (Å²) < 4.78 is 38.9. The maximum absolute atomic E-state index is 14.0. The number of amides is 2. The zero-order chi connectivity index (χ0) is 29.1. The molecule has 0 saturated carbocycles. The minimum atomic E-state index is -0.658. The molecule has 4 aromatic carbocycles. The van der Waals surface area contributed by atoms with Gasteiger partial charge in [-0.15, -0.1) is 11.6 Å². The van der Waals surface area contributed by atoms with Crippen LogP contribution in [0.5, 0.6) is 11.5 Å². The van der Waals surface area contributed by atoms with Gasteiger partial charge in [0.1, 0.15) is 29.7 Å². The summed E-state index contributed by atoms with van der Waals surface area (Å²) in [6.07, 6.45) is 0. The Kier molecular flexibility index (Phi) is 11.5. The van der Waals surface area contributed by atoms with Crippen molar-refractivity contribution >= 4 is 39.3 Å². The molecule has 4 rings (SSSR count). The second kappa shape index (κ2) is 15.0. The summed E-state index contributed by atoms with van der Waals surface area (Å²) in [6.45, 7) is 0.917. The molecule has 4 aromatic rings. The minimum absolute atomic E-state index is 0.140. The lowest BCUT2D eigenvalue weighted by molar-refractivity contribution is 0.0991. The van der Waals surface area contributed by atoms with Crippen molar-refractivity contribution in [3.63, 3.8) is 0 Å². The molecular formula is C30H26BrClF2N2O4. The third kappa shape index (κ3) is 8.53. The summed E-state index contributed by atoms with van der Waals surface area (Å²) in [7, 11) is 0. The number of primary amides is 2. The molecule has 0 radical (unpaired) electrons. The van der Waals surface area contributed by atoms with Gasteiger partial charge in [-0.05, 0) is 59.7 Å². The van der Waals surface area contributed by atoms with Crippen molar-refractivity contribution in [3.05, 3.63) is 108 Å². The van der Waals surface area contributed by atoms with Gasteiger partial charge in [0.15, 0.2) is 0 Å². The molecule has 0 spiro atoms. The highest BCUT2D eigenvalue weighted by molar-refractivity contribution is 9.09. The Morgan fingerprint density at radius 3 is 1.52 bits per heavy atom. The molecule has 0 fully saturated rings. The van der Waals surface area contributed by atoms with Crippen LogP contribution in [-0.4, -0.2) is 36.2 Å². The van der Waals surface area contributed by atoms with Crippen LogP contribution in [0, 0.1) is 11.6 Å². The molecule has 4 N–H and O–H groups in total. The van der Waals surface area contributed by atoms with Crippen LogP contribution in [0.25, 0.3) is 22.3 Å². The molecule has 2 amide bonds. The van der Waals surface area contributed by atoms with Gasteiger partial charge in [-0.3, -0.25) is 9.59 Å². The lowest BCUT2D eigenvalue weighted by Crippen LogP contribution is -2.11. The van der Waals surface area contributed by atoms with Crippen LogP contribution in [0.15, 0.2) is 84.9 Å². The van der Waals surface area contributed by atoms with Crippen LogP contribution >= 0.6 is 27.5 Å². The highest BCUT2D eigenvalue weighted by Crippen LogP contribution is 2.28. The zero-order valence-electron chi connectivity index (χ0n) is 21.2. The van der Waals surface area contributed by atoms with Crippen LogP contribution < -0.4 is 20.9 Å². The van der Waals surface area contributed by atoms with E-state index in [4.69, 9.17) is 32.5 Å². The smallest absolute Gasteiger partial charge is 0.248 e. The number of ether oxygens (including phenoxy) is 2. The Hall–Kier alpha value is -3.95. The van der Waals surface area contributed by atoms with Crippen LogP contribution in [0.4, 0.5) is 8.78 Å². The first-order valence-corrected chi connectivity index (χ1v) is 13.7. The molecule has 6 nitrogen and oxygen atoms in total. The first-order chi connectivity index (χ1) is 19.2. The normalized spacial score (nSPS) is 10.3. The molecule has 0 aliphatic carbocycles. The number of alkyl halides is 2. The molecule has 40 heavy (non-hydrogen) atoms. The van der Waals surface area contributed by atoms with Crippen molar-refractivity contribution in [2.24, 2.45) is 11.5 Å². The lowest BCUT2D eigenvalue weighted by Gasteiger charge is -2.08. The molecule has 0 aliphatic rings. The van der Waals surface area contributed by atoms with Gasteiger partial charge < -0.3 is 20.9 Å². The third-order valence-electron chi connectivity index (χ3n) is 5.49. The van der Waals surface area contributed by atoms with Crippen LogP contribution in [-0.2, 0) is 0 Å². The lowest BCUT2D eigenvalue weighted by atomic mass is 10.0. The maximum atomic E-state index is 14.0. The molecule has 0 saturated heterocycles. The SMILES string of the molecule is NC(=O)c1ccc(-c2cccc(OCCBr)c2)c(F)c1.NC(=O)c1ccc(-c2cccc(OCCCl)c2)c(F)c1. The Morgan fingerprint density at radius 1 is 0.700 bits per heavy atom. The molecule has 0 aliphatic heterocycles. The summed E-state index contributed by atoms with van der Waals surface area (Å²) in [5.74, 6) is -0.637. The van der Waals surface area contributed by atoms with Crippen LogP contribution in [0.2, 0.25) is 0 Å². The van der Waals surface area contributed by atoms with Gasteiger partial charge in [-0.25, -0.2) is 8.78 Å². The largest absolute Gasteiger partial charge is 0.493 e. The topological polar surface area (TPSA) is 105 Å². The van der Waals surface area contributed by atoms with Crippen molar-refractivity contribution in [2.75, 3.05) is 24.4 Å². The Labute approximate surface area is 244 Å². The van der Waals surface area contributed by atoms with E-state index in [1.807, 2.05) is 6.07 Å². The second-order valence-corrected chi connectivity index (χ2v) is 9.42.